The Balaban J connectivity index is 0.000000264. The average molecular weight is 1030 g/mol. The van der Waals surface area contributed by atoms with Gasteiger partial charge in [-0.2, -0.15) is 26.3 Å². The molecular weight excluding hydrogens is 966 g/mol. The third-order valence-corrected chi connectivity index (χ3v) is 14.2. The number of ether oxygens (including phenoxy) is 1. The molecule has 0 bridgehead atoms. The largest absolute Gasteiger partial charge is 1.00 e. The molecule has 0 atom stereocenters. The van der Waals surface area contributed by atoms with E-state index in [1.54, 1.807) is 0 Å². The summed E-state index contributed by atoms with van der Waals surface area (Å²) in [7, 11) is 1.41. The fourth-order valence-electron chi connectivity index (χ4n) is 10.1. The first kappa shape index (κ1) is 58.3. The van der Waals surface area contributed by atoms with E-state index in [-0.39, 0.29) is 70.6 Å². The Morgan fingerprint density at radius 2 is 0.959 bits per heavy atom. The second-order valence-electron chi connectivity index (χ2n) is 18.7. The molecule has 4 aromatic carbocycles. The number of nitrogens with zero attached hydrogens (tertiary/aromatic N) is 2. The van der Waals surface area contributed by atoms with Crippen molar-refractivity contribution in [1.29, 1.82) is 0 Å². The number of alkyl halides is 6. The van der Waals surface area contributed by atoms with Gasteiger partial charge in [0.2, 0.25) is 0 Å². The first-order valence-corrected chi connectivity index (χ1v) is 24.3. The fraction of sp³-hybridized carbons (Fsp3) is 0.418. The number of hydrogen-bond donors (Lipinski definition) is 3. The first-order chi connectivity index (χ1) is 33.9. The number of fused-ring (bicyclic) bond motifs is 2. The fourth-order valence-corrected chi connectivity index (χ4v) is 10.1. The number of carbonyl (C=O) groups is 4. The van der Waals surface area contributed by atoms with Gasteiger partial charge in [0.1, 0.15) is 0 Å². The standard InChI is InChI=1S/C28H31F3N2O3.C27H29F3N2O3.Na.H2O/c1-3-33-17-23(26(34)32-16-19-7-11-20(12-8-19)27(35)36-2)25-21(5-4-6-24(25)33)15-18-9-13-22(14-10-18)28(29,30)31;1-2-32-16-22(25(33)31-15-18-6-10-19(11-7-18)26(34)35)24-20(4-3-5-23(24)32)14-17-8-12-21(13-9-17)27(28,29)30;;/h4-6,9-10,13-14,17,19-20H,3,7-8,11-12,15-16H2,1-2H3,(H,32,34);3-5,8-9,12-13,16,18-19H,2,6-7,10-11,14-15H2,1H3,(H,31,33)(H,34,35);;1H2/q;;+1;/p-1. The van der Waals surface area contributed by atoms with Crippen molar-refractivity contribution in [2.45, 2.75) is 103 Å². The Morgan fingerprint density at radius 3 is 1.29 bits per heavy atom. The van der Waals surface area contributed by atoms with Gasteiger partial charge in [-0.1, -0.05) is 48.5 Å². The summed E-state index contributed by atoms with van der Waals surface area (Å²) in [5.41, 5.74) is 4.82. The second kappa shape index (κ2) is 25.6. The minimum atomic E-state index is -4.38. The molecular formula is C55H61F6N4NaO7. The Kier molecular flexibility index (Phi) is 20.4. The van der Waals surface area contributed by atoms with E-state index in [1.807, 2.05) is 71.8 Å². The molecule has 2 aliphatic carbocycles. The quantitative estimate of drug-likeness (QED) is 0.0559. The van der Waals surface area contributed by atoms with Gasteiger partial charge in [-0.3, -0.25) is 19.2 Å². The number of methoxy groups -OCH3 is 1. The van der Waals surface area contributed by atoms with Gasteiger partial charge in [0, 0.05) is 60.4 Å². The van der Waals surface area contributed by atoms with Gasteiger partial charge in [-0.25, -0.2) is 0 Å². The van der Waals surface area contributed by atoms with Crippen LogP contribution < -0.4 is 40.2 Å². The molecule has 2 amide bonds. The van der Waals surface area contributed by atoms with Crippen molar-refractivity contribution in [2.24, 2.45) is 23.7 Å². The number of rotatable bonds is 14. The molecule has 0 aliphatic heterocycles. The maximum Gasteiger partial charge on any atom is 1.00 e. The van der Waals surface area contributed by atoms with Crippen LogP contribution in [0.3, 0.4) is 0 Å². The first-order valence-electron chi connectivity index (χ1n) is 24.3. The molecule has 2 saturated carbocycles. The van der Waals surface area contributed by atoms with Crippen LogP contribution in [-0.4, -0.2) is 63.7 Å². The number of carbonyl (C=O) groups excluding carboxylic acids is 3. The zero-order valence-electron chi connectivity index (χ0n) is 41.5. The van der Waals surface area contributed by atoms with Crippen LogP contribution in [0.1, 0.15) is 119 Å². The van der Waals surface area contributed by atoms with E-state index in [0.29, 0.717) is 68.9 Å². The molecule has 0 spiro atoms. The number of carboxylic acid groups (broad SMARTS) is 1. The number of aryl methyl sites for hydroxylation is 2. The summed E-state index contributed by atoms with van der Waals surface area (Å²) in [5, 5.41) is 16.9. The minimum absolute atomic E-state index is 0. The van der Waals surface area contributed by atoms with Crippen LogP contribution in [0.2, 0.25) is 0 Å². The molecule has 0 saturated heterocycles. The topological polar surface area (TPSA) is 162 Å². The zero-order chi connectivity index (χ0) is 51.0. The number of halogens is 6. The molecule has 11 nitrogen and oxygen atoms in total. The van der Waals surface area contributed by atoms with Crippen molar-refractivity contribution >= 4 is 45.6 Å². The average Bonchev–Trinajstić information content (AvgIpc) is 3.95. The number of carboxylic acids is 1. The monoisotopic (exact) mass is 1030 g/mol. The van der Waals surface area contributed by atoms with Gasteiger partial charge in [0.25, 0.3) is 11.8 Å². The van der Waals surface area contributed by atoms with Gasteiger partial charge >= 0.3 is 53.8 Å². The predicted octanol–water partition coefficient (Wildman–Crippen LogP) is 8.70. The van der Waals surface area contributed by atoms with Crippen LogP contribution in [0.5, 0.6) is 0 Å². The molecule has 0 unspecified atom stereocenters. The molecule has 73 heavy (non-hydrogen) atoms. The summed E-state index contributed by atoms with van der Waals surface area (Å²) in [6.45, 7) is 6.38. The number of benzene rings is 4. The Hall–Kier alpha value is -5.62. The third kappa shape index (κ3) is 14.4. The van der Waals surface area contributed by atoms with Crippen LogP contribution in [0, 0.1) is 23.7 Å². The zero-order valence-corrected chi connectivity index (χ0v) is 43.5. The summed E-state index contributed by atoms with van der Waals surface area (Å²) in [4.78, 5) is 49.4. The van der Waals surface area contributed by atoms with Crippen molar-refractivity contribution in [1.82, 2.24) is 19.8 Å². The second-order valence-corrected chi connectivity index (χ2v) is 18.7. The van der Waals surface area contributed by atoms with Crippen molar-refractivity contribution in [3.8, 4) is 0 Å². The molecule has 2 heterocycles. The smallest absolute Gasteiger partial charge is 0.870 e. The molecule has 2 fully saturated rings. The molecule has 4 N–H and O–H groups in total. The minimum Gasteiger partial charge on any atom is -0.870 e. The Morgan fingerprint density at radius 1 is 0.589 bits per heavy atom. The van der Waals surface area contributed by atoms with Gasteiger partial charge in [0.15, 0.2) is 0 Å². The Bertz CT molecular complexity index is 2830. The molecule has 386 valence electrons. The van der Waals surface area contributed by atoms with Crippen molar-refractivity contribution in [3.63, 3.8) is 0 Å². The summed E-state index contributed by atoms with van der Waals surface area (Å²) in [5.74, 6) is -1.06. The van der Waals surface area contributed by atoms with Crippen molar-refractivity contribution < 1.29 is 90.4 Å². The maximum absolute atomic E-state index is 13.3. The SMILES string of the molecule is CCn1cc(C(=O)NCC2CCC(C(=O)O)CC2)c2c(Cc3ccc(C(F)(F)F)cc3)cccc21.CCn1cc(C(=O)NCC2CCC(C(=O)OC)CC2)c2c(Cc3ccc(C(F)(F)F)cc3)cccc21.[Na+].[OH-]. The summed E-state index contributed by atoms with van der Waals surface area (Å²) < 4.78 is 86.5. The van der Waals surface area contributed by atoms with E-state index in [2.05, 4.69) is 10.6 Å². The molecule has 0 radical (unpaired) electrons. The van der Waals surface area contributed by atoms with E-state index in [1.165, 1.54) is 31.4 Å². The van der Waals surface area contributed by atoms with Crippen molar-refractivity contribution in [2.75, 3.05) is 20.2 Å². The van der Waals surface area contributed by atoms with E-state index >= 15 is 0 Å². The Labute approximate surface area is 442 Å². The number of esters is 1. The molecule has 8 rings (SSSR count). The number of aliphatic carboxylic acids is 1. The van der Waals surface area contributed by atoms with E-state index < -0.39 is 29.4 Å². The van der Waals surface area contributed by atoms with Crippen LogP contribution >= 0.6 is 0 Å². The third-order valence-electron chi connectivity index (χ3n) is 14.2. The number of aromatic nitrogens is 2. The van der Waals surface area contributed by atoms with Gasteiger partial charge in [-0.05, 0) is 149 Å². The normalized spacial score (nSPS) is 17.9. The van der Waals surface area contributed by atoms with Crippen LogP contribution in [0.25, 0.3) is 21.8 Å². The number of amides is 2. The molecule has 18 heteroatoms. The van der Waals surface area contributed by atoms with E-state index in [0.717, 1.165) is 107 Å². The number of hydrogen-bond acceptors (Lipinski definition) is 6. The summed E-state index contributed by atoms with van der Waals surface area (Å²) in [6.07, 6.45) is 1.79. The van der Waals surface area contributed by atoms with Gasteiger partial charge in [0.05, 0.1) is 41.2 Å². The van der Waals surface area contributed by atoms with Crippen LogP contribution in [-0.2, 0) is 52.6 Å². The van der Waals surface area contributed by atoms with Crippen LogP contribution in [0.4, 0.5) is 26.3 Å². The van der Waals surface area contributed by atoms with E-state index in [9.17, 15) is 50.6 Å². The summed E-state index contributed by atoms with van der Waals surface area (Å²) in [6, 6.07) is 21.8. The van der Waals surface area contributed by atoms with Crippen molar-refractivity contribution in [3.05, 3.63) is 142 Å². The number of nitrogens with one attached hydrogen (secondary N) is 2. The van der Waals surface area contributed by atoms with Crippen LogP contribution in [0.15, 0.2) is 97.3 Å². The van der Waals surface area contributed by atoms with E-state index in [4.69, 9.17) is 4.74 Å². The molecule has 2 aromatic heterocycles. The summed E-state index contributed by atoms with van der Waals surface area (Å²) >= 11 is 0. The van der Waals surface area contributed by atoms with Gasteiger partial charge < -0.3 is 35.1 Å². The predicted molar refractivity (Wildman–Crippen MR) is 261 cm³/mol. The molecule has 2 aliphatic rings. The maximum atomic E-state index is 13.3. The molecule has 6 aromatic rings. The van der Waals surface area contributed by atoms with Gasteiger partial charge in [-0.15, -0.1) is 0 Å².